The summed E-state index contributed by atoms with van der Waals surface area (Å²) in [5, 5.41) is 3.32. The third kappa shape index (κ3) is 2.42. The fourth-order valence-corrected chi connectivity index (χ4v) is 3.02. The SMILES string of the molecule is Cc1cccc(NC(=O)c2cc3c(F)cccc3s2)c1. The highest BCUT2D eigenvalue weighted by Crippen LogP contribution is 2.28. The number of thiophene rings is 1. The molecule has 1 aromatic heterocycles. The zero-order chi connectivity index (χ0) is 14.1. The second kappa shape index (κ2) is 5.06. The summed E-state index contributed by atoms with van der Waals surface area (Å²) in [4.78, 5) is 12.7. The van der Waals surface area contributed by atoms with Crippen LogP contribution < -0.4 is 5.32 Å². The first kappa shape index (κ1) is 12.8. The van der Waals surface area contributed by atoms with Gasteiger partial charge in [-0.2, -0.15) is 0 Å². The van der Waals surface area contributed by atoms with Gasteiger partial charge in [0.25, 0.3) is 5.91 Å². The molecule has 3 aromatic rings. The summed E-state index contributed by atoms with van der Waals surface area (Å²) < 4.78 is 14.4. The number of hydrogen-bond acceptors (Lipinski definition) is 2. The van der Waals surface area contributed by atoms with E-state index in [2.05, 4.69) is 5.32 Å². The van der Waals surface area contributed by atoms with Crippen LogP contribution >= 0.6 is 11.3 Å². The van der Waals surface area contributed by atoms with Crippen LogP contribution in [0.4, 0.5) is 10.1 Å². The van der Waals surface area contributed by atoms with Crippen molar-refractivity contribution >= 4 is 33.0 Å². The van der Waals surface area contributed by atoms with Crippen LogP contribution in [0.1, 0.15) is 15.2 Å². The maximum Gasteiger partial charge on any atom is 0.265 e. The number of rotatable bonds is 2. The van der Waals surface area contributed by atoms with Gasteiger partial charge in [0.2, 0.25) is 0 Å². The minimum absolute atomic E-state index is 0.212. The van der Waals surface area contributed by atoms with E-state index in [9.17, 15) is 9.18 Å². The highest BCUT2D eigenvalue weighted by atomic mass is 32.1. The largest absolute Gasteiger partial charge is 0.321 e. The molecule has 100 valence electrons. The number of carbonyl (C=O) groups excluding carboxylic acids is 1. The van der Waals surface area contributed by atoms with Crippen molar-refractivity contribution in [3.05, 3.63) is 64.8 Å². The highest BCUT2D eigenvalue weighted by molar-refractivity contribution is 7.20. The molecular formula is C16H12FNOS. The molecule has 0 spiro atoms. The lowest BCUT2D eigenvalue weighted by Crippen LogP contribution is -2.09. The van der Waals surface area contributed by atoms with Crippen LogP contribution in [-0.4, -0.2) is 5.91 Å². The second-order valence-corrected chi connectivity index (χ2v) is 5.67. The van der Waals surface area contributed by atoms with E-state index in [0.29, 0.717) is 10.3 Å². The van der Waals surface area contributed by atoms with E-state index in [1.807, 2.05) is 37.3 Å². The third-order valence-corrected chi connectivity index (χ3v) is 4.11. The van der Waals surface area contributed by atoms with E-state index >= 15 is 0 Å². The minimum atomic E-state index is -0.298. The molecule has 20 heavy (non-hydrogen) atoms. The molecule has 1 heterocycles. The average Bonchev–Trinajstić information content (AvgIpc) is 2.84. The van der Waals surface area contributed by atoms with Crippen LogP contribution in [-0.2, 0) is 0 Å². The molecule has 3 rings (SSSR count). The van der Waals surface area contributed by atoms with Gasteiger partial charge in [-0.1, -0.05) is 18.2 Å². The minimum Gasteiger partial charge on any atom is -0.321 e. The van der Waals surface area contributed by atoms with Gasteiger partial charge in [0.1, 0.15) is 5.82 Å². The van der Waals surface area contributed by atoms with Crippen molar-refractivity contribution in [2.45, 2.75) is 6.92 Å². The first-order valence-corrected chi connectivity index (χ1v) is 7.01. The van der Waals surface area contributed by atoms with Crippen LogP contribution in [0.5, 0.6) is 0 Å². The molecule has 1 amide bonds. The van der Waals surface area contributed by atoms with E-state index in [0.717, 1.165) is 16.0 Å². The Morgan fingerprint density at radius 1 is 1.15 bits per heavy atom. The molecule has 0 saturated carbocycles. The van der Waals surface area contributed by atoms with E-state index in [1.165, 1.54) is 17.4 Å². The van der Waals surface area contributed by atoms with Crippen molar-refractivity contribution in [2.75, 3.05) is 5.32 Å². The van der Waals surface area contributed by atoms with Gasteiger partial charge in [-0.25, -0.2) is 4.39 Å². The first-order valence-electron chi connectivity index (χ1n) is 6.19. The van der Waals surface area contributed by atoms with Crippen LogP contribution in [0.15, 0.2) is 48.5 Å². The number of aryl methyl sites for hydroxylation is 1. The number of halogens is 1. The summed E-state index contributed by atoms with van der Waals surface area (Å²) in [7, 11) is 0. The van der Waals surface area contributed by atoms with Gasteiger partial charge >= 0.3 is 0 Å². The second-order valence-electron chi connectivity index (χ2n) is 4.59. The van der Waals surface area contributed by atoms with Gasteiger partial charge in [-0.15, -0.1) is 11.3 Å². The quantitative estimate of drug-likeness (QED) is 0.732. The van der Waals surface area contributed by atoms with Gasteiger partial charge in [0.05, 0.1) is 4.88 Å². The molecule has 0 aliphatic heterocycles. The predicted molar refractivity (Wildman–Crippen MR) is 80.9 cm³/mol. The highest BCUT2D eigenvalue weighted by Gasteiger charge is 2.12. The molecule has 0 fully saturated rings. The Kier molecular flexibility index (Phi) is 3.24. The van der Waals surface area contributed by atoms with Crippen LogP contribution in [0.2, 0.25) is 0 Å². The monoisotopic (exact) mass is 285 g/mol. The van der Waals surface area contributed by atoms with E-state index in [-0.39, 0.29) is 11.7 Å². The Hall–Kier alpha value is -2.20. The van der Waals surface area contributed by atoms with Crippen molar-refractivity contribution in [1.82, 2.24) is 0 Å². The topological polar surface area (TPSA) is 29.1 Å². The average molecular weight is 285 g/mol. The van der Waals surface area contributed by atoms with E-state index in [4.69, 9.17) is 0 Å². The summed E-state index contributed by atoms with van der Waals surface area (Å²) >= 11 is 1.29. The van der Waals surface area contributed by atoms with E-state index < -0.39 is 0 Å². The summed E-state index contributed by atoms with van der Waals surface area (Å²) in [5.74, 6) is -0.510. The Bertz CT molecular complexity index is 794. The fraction of sp³-hybridized carbons (Fsp3) is 0.0625. The lowest BCUT2D eigenvalue weighted by Gasteiger charge is -2.03. The van der Waals surface area contributed by atoms with Crippen molar-refractivity contribution in [1.29, 1.82) is 0 Å². The standard InChI is InChI=1S/C16H12FNOS/c1-10-4-2-5-11(8-10)18-16(19)15-9-12-13(17)6-3-7-14(12)20-15/h2-9H,1H3,(H,18,19). The van der Waals surface area contributed by atoms with Crippen LogP contribution in [0.3, 0.4) is 0 Å². The molecule has 0 aliphatic carbocycles. The number of anilines is 1. The summed E-state index contributed by atoms with van der Waals surface area (Å²) in [5.41, 5.74) is 1.82. The normalized spacial score (nSPS) is 10.7. The lowest BCUT2D eigenvalue weighted by molar-refractivity contribution is 0.103. The maximum atomic E-state index is 13.6. The van der Waals surface area contributed by atoms with Gasteiger partial charge in [-0.05, 0) is 42.8 Å². The van der Waals surface area contributed by atoms with Gasteiger partial charge < -0.3 is 5.32 Å². The molecule has 0 radical (unpaired) electrons. The Balaban J connectivity index is 1.91. The molecule has 0 aliphatic rings. The molecular weight excluding hydrogens is 273 g/mol. The van der Waals surface area contributed by atoms with Gasteiger partial charge in [-0.3, -0.25) is 4.79 Å². The zero-order valence-corrected chi connectivity index (χ0v) is 11.6. The lowest BCUT2D eigenvalue weighted by atomic mass is 10.2. The number of nitrogens with one attached hydrogen (secondary N) is 1. The molecule has 0 saturated heterocycles. The predicted octanol–water partition coefficient (Wildman–Crippen LogP) is 4.60. The van der Waals surface area contributed by atoms with E-state index in [1.54, 1.807) is 12.1 Å². The zero-order valence-electron chi connectivity index (χ0n) is 10.8. The summed E-state index contributed by atoms with van der Waals surface area (Å²) in [6, 6.07) is 14.0. The summed E-state index contributed by atoms with van der Waals surface area (Å²) in [6.45, 7) is 1.96. The number of fused-ring (bicyclic) bond motifs is 1. The van der Waals surface area contributed by atoms with Gasteiger partial charge in [0.15, 0.2) is 0 Å². The van der Waals surface area contributed by atoms with Crippen molar-refractivity contribution in [3.8, 4) is 0 Å². The number of amides is 1. The third-order valence-electron chi connectivity index (χ3n) is 3.01. The molecule has 2 nitrogen and oxygen atoms in total. The number of hydrogen-bond donors (Lipinski definition) is 1. The first-order chi connectivity index (χ1) is 9.63. The molecule has 2 aromatic carbocycles. The molecule has 0 atom stereocenters. The van der Waals surface area contributed by atoms with Gasteiger partial charge in [0, 0.05) is 15.8 Å². The molecule has 0 unspecified atom stereocenters. The Morgan fingerprint density at radius 3 is 2.70 bits per heavy atom. The Labute approximate surface area is 119 Å². The smallest absolute Gasteiger partial charge is 0.265 e. The fourth-order valence-electron chi connectivity index (χ4n) is 2.05. The molecule has 0 bridgehead atoms. The number of carbonyl (C=O) groups is 1. The number of benzene rings is 2. The summed E-state index contributed by atoms with van der Waals surface area (Å²) in [6.07, 6.45) is 0. The maximum absolute atomic E-state index is 13.6. The Morgan fingerprint density at radius 2 is 1.95 bits per heavy atom. The molecule has 1 N–H and O–H groups in total. The van der Waals surface area contributed by atoms with Crippen molar-refractivity contribution < 1.29 is 9.18 Å². The molecule has 4 heteroatoms. The van der Waals surface area contributed by atoms with Crippen molar-refractivity contribution in [2.24, 2.45) is 0 Å². The van der Waals surface area contributed by atoms with Crippen molar-refractivity contribution in [3.63, 3.8) is 0 Å². The van der Waals surface area contributed by atoms with Crippen LogP contribution in [0, 0.1) is 12.7 Å². The van der Waals surface area contributed by atoms with Crippen LogP contribution in [0.25, 0.3) is 10.1 Å².